The molecule has 0 radical (unpaired) electrons. The van der Waals surface area contributed by atoms with Crippen LogP contribution in [0.25, 0.3) is 0 Å². The van der Waals surface area contributed by atoms with Crippen LogP contribution in [0.2, 0.25) is 0 Å². The van der Waals surface area contributed by atoms with E-state index in [4.69, 9.17) is 15.2 Å². The summed E-state index contributed by atoms with van der Waals surface area (Å²) in [5, 5.41) is 0. The number of ether oxygens (including phenoxy) is 2. The number of hydrogen-bond acceptors (Lipinski definition) is 4. The van der Waals surface area contributed by atoms with Gasteiger partial charge in [-0.05, 0) is 17.7 Å². The Bertz CT molecular complexity index is 361. The summed E-state index contributed by atoms with van der Waals surface area (Å²) in [6, 6.07) is 7.15. The molecule has 0 saturated carbocycles. The highest BCUT2D eigenvalue weighted by Gasteiger charge is 2.23. The number of rotatable bonds is 3. The third kappa shape index (κ3) is 2.34. The molecule has 80 valence electrons. The number of carbonyl (C=O) groups excluding carboxylic acids is 1. The number of esters is 1. The SMILES string of the molecule is NCc1cccc(C(=O)OC2COC2)c1. The molecule has 1 aromatic rings. The predicted molar refractivity (Wildman–Crippen MR) is 54.4 cm³/mol. The smallest absolute Gasteiger partial charge is 0.338 e. The molecule has 1 saturated heterocycles. The fourth-order valence-electron chi connectivity index (χ4n) is 1.33. The molecule has 0 amide bonds. The van der Waals surface area contributed by atoms with Crippen LogP contribution in [0.3, 0.4) is 0 Å². The zero-order valence-corrected chi connectivity index (χ0v) is 8.31. The van der Waals surface area contributed by atoms with Crippen LogP contribution in [-0.4, -0.2) is 25.3 Å². The molecule has 2 N–H and O–H groups in total. The van der Waals surface area contributed by atoms with E-state index in [-0.39, 0.29) is 12.1 Å². The van der Waals surface area contributed by atoms with Crippen LogP contribution >= 0.6 is 0 Å². The molecule has 0 spiro atoms. The fraction of sp³-hybridized carbons (Fsp3) is 0.364. The van der Waals surface area contributed by atoms with Crippen molar-refractivity contribution in [3.05, 3.63) is 35.4 Å². The lowest BCUT2D eigenvalue weighted by atomic mass is 10.1. The van der Waals surface area contributed by atoms with Crippen LogP contribution in [-0.2, 0) is 16.0 Å². The topological polar surface area (TPSA) is 61.6 Å². The van der Waals surface area contributed by atoms with Gasteiger partial charge in [0.2, 0.25) is 0 Å². The molecule has 1 fully saturated rings. The first-order chi connectivity index (χ1) is 7.29. The first kappa shape index (κ1) is 10.1. The van der Waals surface area contributed by atoms with Crippen molar-refractivity contribution in [3.63, 3.8) is 0 Å². The molecule has 2 rings (SSSR count). The highest BCUT2D eigenvalue weighted by atomic mass is 16.6. The van der Waals surface area contributed by atoms with E-state index in [2.05, 4.69) is 0 Å². The summed E-state index contributed by atoms with van der Waals surface area (Å²) in [4.78, 5) is 11.6. The minimum absolute atomic E-state index is 0.0842. The second-order valence-corrected chi connectivity index (χ2v) is 3.47. The molecule has 0 aromatic heterocycles. The van der Waals surface area contributed by atoms with Crippen molar-refractivity contribution in [2.75, 3.05) is 13.2 Å². The molecule has 1 aliphatic heterocycles. The molecule has 4 nitrogen and oxygen atoms in total. The van der Waals surface area contributed by atoms with Gasteiger partial charge in [-0.2, -0.15) is 0 Å². The van der Waals surface area contributed by atoms with Crippen molar-refractivity contribution in [2.45, 2.75) is 12.6 Å². The number of carbonyl (C=O) groups is 1. The lowest BCUT2D eigenvalue weighted by Gasteiger charge is -2.25. The Kier molecular flexibility index (Phi) is 2.99. The van der Waals surface area contributed by atoms with Gasteiger partial charge in [0.25, 0.3) is 0 Å². The molecular formula is C11H13NO3. The normalized spacial score (nSPS) is 15.8. The van der Waals surface area contributed by atoms with Gasteiger partial charge in [0.05, 0.1) is 18.8 Å². The summed E-state index contributed by atoms with van der Waals surface area (Å²) in [5.41, 5.74) is 6.96. The molecule has 1 aliphatic rings. The van der Waals surface area contributed by atoms with Crippen molar-refractivity contribution in [2.24, 2.45) is 5.73 Å². The molecule has 0 atom stereocenters. The van der Waals surface area contributed by atoms with Crippen molar-refractivity contribution >= 4 is 5.97 Å². The van der Waals surface area contributed by atoms with Crippen molar-refractivity contribution in [1.82, 2.24) is 0 Å². The summed E-state index contributed by atoms with van der Waals surface area (Å²) in [6.45, 7) is 1.43. The van der Waals surface area contributed by atoms with Crippen LogP contribution in [0.15, 0.2) is 24.3 Å². The third-order valence-corrected chi connectivity index (χ3v) is 2.28. The highest BCUT2D eigenvalue weighted by Crippen LogP contribution is 2.11. The lowest BCUT2D eigenvalue weighted by molar-refractivity contribution is -0.103. The second-order valence-electron chi connectivity index (χ2n) is 3.47. The molecule has 0 aliphatic carbocycles. The van der Waals surface area contributed by atoms with Gasteiger partial charge in [0, 0.05) is 6.54 Å². The second kappa shape index (κ2) is 4.42. The van der Waals surface area contributed by atoms with Crippen LogP contribution in [0, 0.1) is 0 Å². The Morgan fingerprint density at radius 2 is 2.33 bits per heavy atom. The molecular weight excluding hydrogens is 194 g/mol. The first-order valence-electron chi connectivity index (χ1n) is 4.87. The quantitative estimate of drug-likeness (QED) is 0.741. The van der Waals surface area contributed by atoms with Crippen LogP contribution in [0.1, 0.15) is 15.9 Å². The minimum atomic E-state index is -0.307. The van der Waals surface area contributed by atoms with Crippen LogP contribution in [0.5, 0.6) is 0 Å². The van der Waals surface area contributed by atoms with Crippen molar-refractivity contribution in [3.8, 4) is 0 Å². The summed E-state index contributed by atoms with van der Waals surface area (Å²) in [6.07, 6.45) is -0.0842. The van der Waals surface area contributed by atoms with Gasteiger partial charge in [-0.1, -0.05) is 12.1 Å². The Labute approximate surface area is 88.0 Å². The maximum atomic E-state index is 11.6. The molecule has 1 aromatic carbocycles. The van der Waals surface area contributed by atoms with Crippen molar-refractivity contribution < 1.29 is 14.3 Å². The van der Waals surface area contributed by atoms with Gasteiger partial charge in [0.15, 0.2) is 0 Å². The standard InChI is InChI=1S/C11H13NO3/c12-5-8-2-1-3-9(4-8)11(13)15-10-6-14-7-10/h1-4,10H,5-7,12H2. The van der Waals surface area contributed by atoms with Gasteiger partial charge in [-0.15, -0.1) is 0 Å². The van der Waals surface area contributed by atoms with Gasteiger partial charge in [-0.25, -0.2) is 4.79 Å². The average Bonchev–Trinajstić information content (AvgIpc) is 2.23. The molecule has 4 heteroatoms. The lowest BCUT2D eigenvalue weighted by Crippen LogP contribution is -2.37. The number of nitrogens with two attached hydrogens (primary N) is 1. The Balaban J connectivity index is 2.03. The average molecular weight is 207 g/mol. The van der Waals surface area contributed by atoms with Crippen LogP contribution in [0.4, 0.5) is 0 Å². The zero-order valence-electron chi connectivity index (χ0n) is 8.31. The van der Waals surface area contributed by atoms with E-state index in [1.807, 2.05) is 6.07 Å². The summed E-state index contributed by atoms with van der Waals surface area (Å²) in [7, 11) is 0. The molecule has 0 unspecified atom stereocenters. The molecule has 1 heterocycles. The van der Waals surface area contributed by atoms with Crippen LogP contribution < -0.4 is 5.73 Å². The van der Waals surface area contributed by atoms with E-state index in [9.17, 15) is 4.79 Å². The maximum Gasteiger partial charge on any atom is 0.338 e. The number of benzene rings is 1. The first-order valence-corrected chi connectivity index (χ1v) is 4.87. The summed E-state index contributed by atoms with van der Waals surface area (Å²) < 4.78 is 10.1. The number of hydrogen-bond donors (Lipinski definition) is 1. The van der Waals surface area contributed by atoms with Gasteiger partial charge in [0.1, 0.15) is 6.10 Å². The summed E-state index contributed by atoms with van der Waals surface area (Å²) >= 11 is 0. The molecule has 15 heavy (non-hydrogen) atoms. The monoisotopic (exact) mass is 207 g/mol. The Morgan fingerprint density at radius 1 is 1.53 bits per heavy atom. The van der Waals surface area contributed by atoms with E-state index in [1.54, 1.807) is 18.2 Å². The predicted octanol–water partition coefficient (Wildman–Crippen LogP) is 0.701. The van der Waals surface area contributed by atoms with Gasteiger partial charge < -0.3 is 15.2 Å². The Hall–Kier alpha value is -1.39. The van der Waals surface area contributed by atoms with E-state index >= 15 is 0 Å². The summed E-state index contributed by atoms with van der Waals surface area (Å²) in [5.74, 6) is -0.307. The minimum Gasteiger partial charge on any atom is -0.454 e. The highest BCUT2D eigenvalue weighted by molar-refractivity contribution is 5.89. The van der Waals surface area contributed by atoms with E-state index < -0.39 is 0 Å². The van der Waals surface area contributed by atoms with Gasteiger partial charge >= 0.3 is 5.97 Å². The fourth-order valence-corrected chi connectivity index (χ4v) is 1.33. The van der Waals surface area contributed by atoms with E-state index in [0.29, 0.717) is 25.3 Å². The largest absolute Gasteiger partial charge is 0.454 e. The molecule has 0 bridgehead atoms. The third-order valence-electron chi connectivity index (χ3n) is 2.28. The maximum absolute atomic E-state index is 11.6. The zero-order chi connectivity index (χ0) is 10.7. The van der Waals surface area contributed by atoms with E-state index in [1.165, 1.54) is 0 Å². The van der Waals surface area contributed by atoms with Gasteiger partial charge in [-0.3, -0.25) is 0 Å². The van der Waals surface area contributed by atoms with E-state index in [0.717, 1.165) is 5.56 Å². The van der Waals surface area contributed by atoms with Crippen molar-refractivity contribution in [1.29, 1.82) is 0 Å². The Morgan fingerprint density at radius 3 is 2.93 bits per heavy atom.